The summed E-state index contributed by atoms with van der Waals surface area (Å²) in [5.41, 5.74) is 1.08. The Morgan fingerprint density at radius 3 is 2.84 bits per heavy atom. The van der Waals surface area contributed by atoms with Crippen LogP contribution in [0.4, 0.5) is 5.13 Å². The van der Waals surface area contributed by atoms with E-state index in [1.54, 1.807) is 11.3 Å². The third-order valence-electron chi connectivity index (χ3n) is 3.06. The van der Waals surface area contributed by atoms with Gasteiger partial charge in [0.25, 0.3) is 0 Å². The predicted molar refractivity (Wildman–Crippen MR) is 85.2 cm³/mol. The van der Waals surface area contributed by atoms with E-state index in [4.69, 9.17) is 0 Å². The number of benzene rings is 1. The van der Waals surface area contributed by atoms with Crippen molar-refractivity contribution >= 4 is 38.0 Å². The van der Waals surface area contributed by atoms with Crippen LogP contribution in [-0.2, 0) is 0 Å². The number of para-hydroxylation sites is 1. The maximum Gasteiger partial charge on any atom is 0.184 e. The van der Waals surface area contributed by atoms with Crippen molar-refractivity contribution in [1.82, 2.24) is 4.98 Å². The number of hydrogen-bond acceptors (Lipinski definition) is 4. The summed E-state index contributed by atoms with van der Waals surface area (Å²) in [6.07, 6.45) is 2.30. The van der Waals surface area contributed by atoms with E-state index in [1.807, 2.05) is 17.4 Å². The summed E-state index contributed by atoms with van der Waals surface area (Å²) in [4.78, 5) is 6.05. The number of rotatable bonds is 5. The first-order valence-corrected chi connectivity index (χ1v) is 8.22. The van der Waals surface area contributed by atoms with Crippen molar-refractivity contribution in [3.05, 3.63) is 46.7 Å². The van der Waals surface area contributed by atoms with Gasteiger partial charge in [-0.05, 0) is 30.0 Å². The third kappa shape index (κ3) is 2.80. The Kier molecular flexibility index (Phi) is 3.80. The molecule has 2 aromatic heterocycles. The summed E-state index contributed by atoms with van der Waals surface area (Å²) in [5, 5.41) is 6.75. The van der Waals surface area contributed by atoms with Gasteiger partial charge in [-0.3, -0.25) is 0 Å². The van der Waals surface area contributed by atoms with E-state index in [0.717, 1.165) is 17.1 Å². The molecule has 0 fully saturated rings. The molecule has 2 nitrogen and oxygen atoms in total. The van der Waals surface area contributed by atoms with Crippen molar-refractivity contribution in [2.45, 2.75) is 25.8 Å². The molecule has 3 rings (SSSR count). The van der Waals surface area contributed by atoms with Gasteiger partial charge in [0.05, 0.1) is 16.3 Å². The zero-order valence-electron chi connectivity index (χ0n) is 10.8. The largest absolute Gasteiger partial charge is 0.354 e. The zero-order valence-corrected chi connectivity index (χ0v) is 12.4. The molecule has 0 bridgehead atoms. The van der Waals surface area contributed by atoms with Crippen LogP contribution in [0.25, 0.3) is 10.2 Å². The molecular weight excluding hydrogens is 272 g/mol. The SMILES string of the molecule is CCCC(Nc1nc2ccccc2s1)c1cccs1. The number of anilines is 1. The van der Waals surface area contributed by atoms with Gasteiger partial charge in [0.1, 0.15) is 0 Å². The number of aromatic nitrogens is 1. The molecule has 1 N–H and O–H groups in total. The van der Waals surface area contributed by atoms with Gasteiger partial charge >= 0.3 is 0 Å². The molecular formula is C15H16N2S2. The molecule has 2 heterocycles. The minimum Gasteiger partial charge on any atom is -0.354 e. The number of hydrogen-bond donors (Lipinski definition) is 1. The third-order valence-corrected chi connectivity index (χ3v) is 5.01. The first-order valence-electron chi connectivity index (χ1n) is 6.52. The highest BCUT2D eigenvalue weighted by atomic mass is 32.1. The summed E-state index contributed by atoms with van der Waals surface area (Å²) in [6, 6.07) is 13.0. The first kappa shape index (κ1) is 12.6. The second kappa shape index (κ2) is 5.72. The van der Waals surface area contributed by atoms with Crippen molar-refractivity contribution in [1.29, 1.82) is 0 Å². The lowest BCUT2D eigenvalue weighted by Crippen LogP contribution is -2.08. The van der Waals surface area contributed by atoms with E-state index in [2.05, 4.69) is 52.9 Å². The quantitative estimate of drug-likeness (QED) is 0.688. The molecule has 19 heavy (non-hydrogen) atoms. The van der Waals surface area contributed by atoms with Crippen LogP contribution in [0.2, 0.25) is 0 Å². The van der Waals surface area contributed by atoms with Gasteiger partial charge < -0.3 is 5.32 Å². The second-order valence-electron chi connectivity index (χ2n) is 4.49. The monoisotopic (exact) mass is 288 g/mol. The topological polar surface area (TPSA) is 24.9 Å². The fourth-order valence-electron chi connectivity index (χ4n) is 2.15. The maximum absolute atomic E-state index is 4.66. The number of thiazole rings is 1. The van der Waals surface area contributed by atoms with Crippen LogP contribution in [0.1, 0.15) is 30.7 Å². The van der Waals surface area contributed by atoms with Crippen LogP contribution in [-0.4, -0.2) is 4.98 Å². The normalized spacial score (nSPS) is 12.7. The molecule has 3 aromatic rings. The summed E-state index contributed by atoms with van der Waals surface area (Å²) >= 11 is 3.54. The van der Waals surface area contributed by atoms with E-state index >= 15 is 0 Å². The van der Waals surface area contributed by atoms with Gasteiger partial charge in [-0.1, -0.05) is 42.9 Å². The van der Waals surface area contributed by atoms with E-state index in [1.165, 1.54) is 16.0 Å². The Labute approximate surface area is 121 Å². The Hall–Kier alpha value is -1.39. The molecule has 0 amide bonds. The Balaban J connectivity index is 1.85. The molecule has 0 spiro atoms. The Bertz CT molecular complexity index is 610. The van der Waals surface area contributed by atoms with Crippen LogP contribution in [0.15, 0.2) is 41.8 Å². The van der Waals surface area contributed by atoms with Gasteiger partial charge in [0, 0.05) is 4.88 Å². The Morgan fingerprint density at radius 2 is 2.11 bits per heavy atom. The van der Waals surface area contributed by atoms with Crippen LogP contribution >= 0.6 is 22.7 Å². The average Bonchev–Trinajstić information content (AvgIpc) is 3.07. The van der Waals surface area contributed by atoms with Crippen LogP contribution in [0.3, 0.4) is 0 Å². The molecule has 1 atom stereocenters. The smallest absolute Gasteiger partial charge is 0.184 e. The standard InChI is InChI=1S/C15H16N2S2/c1-2-6-11(13-9-5-10-18-13)16-15-17-12-7-3-4-8-14(12)19-15/h3-5,7-11H,2,6H2,1H3,(H,16,17). The molecule has 1 aromatic carbocycles. The fourth-order valence-corrected chi connectivity index (χ4v) is 3.88. The van der Waals surface area contributed by atoms with Crippen molar-refractivity contribution in [3.63, 3.8) is 0 Å². The molecule has 4 heteroatoms. The van der Waals surface area contributed by atoms with Crippen LogP contribution < -0.4 is 5.32 Å². The van der Waals surface area contributed by atoms with Gasteiger partial charge in [-0.15, -0.1) is 11.3 Å². The molecule has 0 saturated heterocycles. The lowest BCUT2D eigenvalue weighted by Gasteiger charge is -2.15. The highest BCUT2D eigenvalue weighted by Gasteiger charge is 2.13. The molecule has 0 aliphatic rings. The molecule has 1 unspecified atom stereocenters. The molecule has 0 saturated carbocycles. The number of nitrogens with zero attached hydrogens (tertiary/aromatic N) is 1. The van der Waals surface area contributed by atoms with E-state index in [-0.39, 0.29) is 0 Å². The lowest BCUT2D eigenvalue weighted by molar-refractivity contribution is 0.687. The lowest BCUT2D eigenvalue weighted by atomic mass is 10.1. The summed E-state index contributed by atoms with van der Waals surface area (Å²) in [6.45, 7) is 2.22. The minimum atomic E-state index is 0.380. The van der Waals surface area contributed by atoms with E-state index in [0.29, 0.717) is 6.04 Å². The highest BCUT2D eigenvalue weighted by Crippen LogP contribution is 2.31. The zero-order chi connectivity index (χ0) is 13.1. The molecule has 0 aliphatic carbocycles. The van der Waals surface area contributed by atoms with Crippen molar-refractivity contribution < 1.29 is 0 Å². The van der Waals surface area contributed by atoms with E-state index < -0.39 is 0 Å². The molecule has 98 valence electrons. The minimum absolute atomic E-state index is 0.380. The first-order chi connectivity index (χ1) is 9.36. The number of fused-ring (bicyclic) bond motifs is 1. The molecule has 0 aliphatic heterocycles. The van der Waals surface area contributed by atoms with Crippen LogP contribution in [0.5, 0.6) is 0 Å². The van der Waals surface area contributed by atoms with Gasteiger partial charge in [0.15, 0.2) is 5.13 Å². The number of nitrogens with one attached hydrogen (secondary N) is 1. The second-order valence-corrected chi connectivity index (χ2v) is 6.50. The molecule has 0 radical (unpaired) electrons. The van der Waals surface area contributed by atoms with Crippen molar-refractivity contribution in [2.75, 3.05) is 5.32 Å². The van der Waals surface area contributed by atoms with E-state index in [9.17, 15) is 0 Å². The fraction of sp³-hybridized carbons (Fsp3) is 0.267. The van der Waals surface area contributed by atoms with Crippen LogP contribution in [0, 0.1) is 0 Å². The van der Waals surface area contributed by atoms with Crippen molar-refractivity contribution in [3.8, 4) is 0 Å². The van der Waals surface area contributed by atoms with Gasteiger partial charge in [-0.2, -0.15) is 0 Å². The Morgan fingerprint density at radius 1 is 1.21 bits per heavy atom. The number of thiophene rings is 1. The summed E-state index contributed by atoms with van der Waals surface area (Å²) in [7, 11) is 0. The summed E-state index contributed by atoms with van der Waals surface area (Å²) < 4.78 is 1.24. The summed E-state index contributed by atoms with van der Waals surface area (Å²) in [5.74, 6) is 0. The van der Waals surface area contributed by atoms with Crippen molar-refractivity contribution in [2.24, 2.45) is 0 Å². The van der Waals surface area contributed by atoms with Gasteiger partial charge in [-0.25, -0.2) is 4.98 Å². The maximum atomic E-state index is 4.66. The average molecular weight is 288 g/mol. The highest BCUT2D eigenvalue weighted by molar-refractivity contribution is 7.22. The van der Waals surface area contributed by atoms with Gasteiger partial charge in [0.2, 0.25) is 0 Å². The predicted octanol–water partition coefficient (Wildman–Crippen LogP) is 5.31.